The van der Waals surface area contributed by atoms with Gasteiger partial charge in [0.25, 0.3) is 0 Å². The van der Waals surface area contributed by atoms with Crippen LogP contribution in [0.4, 0.5) is 0 Å². The number of hydrogen-bond acceptors (Lipinski definition) is 3. The van der Waals surface area contributed by atoms with Gasteiger partial charge in [0.15, 0.2) is 0 Å². The van der Waals surface area contributed by atoms with Crippen molar-refractivity contribution in [2.45, 2.75) is 57.2 Å². The Morgan fingerprint density at radius 1 is 1.20 bits per heavy atom. The molecule has 0 aliphatic carbocycles. The summed E-state index contributed by atoms with van der Waals surface area (Å²) >= 11 is 0. The van der Waals surface area contributed by atoms with Gasteiger partial charge in [0, 0.05) is 24.9 Å². The predicted molar refractivity (Wildman–Crippen MR) is 78.8 cm³/mol. The molecule has 2 saturated heterocycles. The molecule has 0 aromatic heterocycles. The fourth-order valence-electron chi connectivity index (χ4n) is 3.55. The number of aryl methyl sites for hydroxylation is 1. The second kappa shape index (κ2) is 5.57. The minimum Gasteiger partial charge on any atom is -0.459 e. The van der Waals surface area contributed by atoms with Crippen molar-refractivity contribution in [3.63, 3.8) is 0 Å². The van der Waals surface area contributed by atoms with Crippen LogP contribution >= 0.6 is 0 Å². The van der Waals surface area contributed by atoms with Gasteiger partial charge < -0.3 is 9.64 Å². The Hall–Kier alpha value is -1.35. The van der Waals surface area contributed by atoms with Crippen LogP contribution in [0.1, 0.15) is 48.5 Å². The van der Waals surface area contributed by atoms with E-state index in [4.69, 9.17) is 4.74 Å². The summed E-state index contributed by atoms with van der Waals surface area (Å²) in [6, 6.07) is 8.99. The molecule has 2 aliphatic rings. The molecule has 1 unspecified atom stereocenters. The maximum atomic E-state index is 12.2. The number of nitrogens with zero attached hydrogens (tertiary/aromatic N) is 1. The van der Waals surface area contributed by atoms with Gasteiger partial charge in [-0.25, -0.2) is 4.79 Å². The maximum Gasteiger partial charge on any atom is 0.338 e. The smallest absolute Gasteiger partial charge is 0.338 e. The summed E-state index contributed by atoms with van der Waals surface area (Å²) in [4.78, 5) is 14.7. The van der Waals surface area contributed by atoms with E-state index in [1.54, 1.807) is 0 Å². The molecule has 2 heterocycles. The molecule has 2 bridgehead atoms. The number of rotatable bonds is 3. The Morgan fingerprint density at radius 3 is 2.35 bits per heavy atom. The van der Waals surface area contributed by atoms with Crippen LogP contribution in [0.2, 0.25) is 0 Å². The molecular weight excluding hydrogens is 250 g/mol. The molecule has 1 aromatic carbocycles. The highest BCUT2D eigenvalue weighted by molar-refractivity contribution is 5.89. The monoisotopic (exact) mass is 273 g/mol. The molecule has 0 N–H and O–H groups in total. The van der Waals surface area contributed by atoms with Gasteiger partial charge in [-0.15, -0.1) is 0 Å². The summed E-state index contributed by atoms with van der Waals surface area (Å²) in [6.07, 6.45) is 5.58. The molecule has 0 spiro atoms. The highest BCUT2D eigenvalue weighted by atomic mass is 16.5. The summed E-state index contributed by atoms with van der Waals surface area (Å²) in [7, 11) is 2.20. The first kappa shape index (κ1) is 13.6. The zero-order chi connectivity index (χ0) is 14.1. The van der Waals surface area contributed by atoms with Gasteiger partial charge >= 0.3 is 5.97 Å². The van der Waals surface area contributed by atoms with E-state index in [9.17, 15) is 4.79 Å². The Morgan fingerprint density at radius 2 is 1.80 bits per heavy atom. The Bertz CT molecular complexity index is 468. The van der Waals surface area contributed by atoms with Crippen LogP contribution in [-0.2, 0) is 11.2 Å². The average Bonchev–Trinajstić information content (AvgIpc) is 2.69. The normalized spacial score (nSPS) is 29.4. The summed E-state index contributed by atoms with van der Waals surface area (Å²) in [5.41, 5.74) is 1.92. The number of benzene rings is 1. The standard InChI is InChI=1S/C17H23NO2/c1-3-12-4-6-13(7-5-12)17(19)20-16-10-14-8-9-15(11-16)18(14)2/h4-7,14-16H,3,8-11H2,1-2H3/t14-,15+,16?. The van der Waals surface area contributed by atoms with Crippen LogP contribution in [-0.4, -0.2) is 36.1 Å². The van der Waals surface area contributed by atoms with Gasteiger partial charge in [-0.1, -0.05) is 19.1 Å². The molecule has 1 aromatic rings. The number of carbonyl (C=O) groups excluding carboxylic acids is 1. The highest BCUT2D eigenvalue weighted by Gasteiger charge is 2.39. The number of piperidine rings is 1. The molecule has 0 amide bonds. The highest BCUT2D eigenvalue weighted by Crippen LogP contribution is 2.35. The first-order chi connectivity index (χ1) is 9.67. The fourth-order valence-corrected chi connectivity index (χ4v) is 3.55. The van der Waals surface area contributed by atoms with Crippen molar-refractivity contribution in [1.29, 1.82) is 0 Å². The molecule has 108 valence electrons. The topological polar surface area (TPSA) is 29.5 Å². The van der Waals surface area contributed by atoms with Crippen LogP contribution in [0.3, 0.4) is 0 Å². The lowest BCUT2D eigenvalue weighted by Gasteiger charge is -2.35. The third-order valence-electron chi connectivity index (χ3n) is 4.93. The second-order valence-corrected chi connectivity index (χ2v) is 6.10. The van der Waals surface area contributed by atoms with Crippen LogP contribution in [0, 0.1) is 0 Å². The molecule has 2 fully saturated rings. The van der Waals surface area contributed by atoms with Gasteiger partial charge in [0.1, 0.15) is 6.10 Å². The van der Waals surface area contributed by atoms with Gasteiger partial charge in [-0.05, 0) is 44.0 Å². The Balaban J connectivity index is 1.61. The van der Waals surface area contributed by atoms with Crippen LogP contribution in [0.15, 0.2) is 24.3 Å². The lowest BCUT2D eigenvalue weighted by Crippen LogP contribution is -2.43. The fraction of sp³-hybridized carbons (Fsp3) is 0.588. The predicted octanol–water partition coefficient (Wildman–Crippen LogP) is 3.03. The minimum absolute atomic E-state index is 0.0991. The van der Waals surface area contributed by atoms with Crippen LogP contribution < -0.4 is 0 Å². The van der Waals surface area contributed by atoms with Crippen LogP contribution in [0.25, 0.3) is 0 Å². The van der Waals surface area contributed by atoms with Gasteiger partial charge in [-0.3, -0.25) is 0 Å². The third-order valence-corrected chi connectivity index (χ3v) is 4.93. The van der Waals surface area contributed by atoms with E-state index in [1.807, 2.05) is 24.3 Å². The average molecular weight is 273 g/mol. The lowest BCUT2D eigenvalue weighted by atomic mass is 10.0. The molecule has 0 radical (unpaired) electrons. The molecule has 20 heavy (non-hydrogen) atoms. The van der Waals surface area contributed by atoms with E-state index in [0.29, 0.717) is 17.6 Å². The molecule has 3 atom stereocenters. The first-order valence-electron chi connectivity index (χ1n) is 7.69. The number of ether oxygens (including phenoxy) is 1. The van der Waals surface area contributed by atoms with E-state index < -0.39 is 0 Å². The van der Waals surface area contributed by atoms with Crippen molar-refractivity contribution < 1.29 is 9.53 Å². The summed E-state index contributed by atoms with van der Waals surface area (Å²) < 4.78 is 5.71. The quantitative estimate of drug-likeness (QED) is 0.793. The lowest BCUT2D eigenvalue weighted by molar-refractivity contribution is -0.000448. The van der Waals surface area contributed by atoms with Crippen molar-refractivity contribution in [1.82, 2.24) is 4.90 Å². The third kappa shape index (κ3) is 2.59. The van der Waals surface area contributed by atoms with E-state index in [0.717, 1.165) is 19.3 Å². The van der Waals surface area contributed by atoms with Gasteiger partial charge in [0.05, 0.1) is 5.56 Å². The number of fused-ring (bicyclic) bond motifs is 2. The SMILES string of the molecule is CCc1ccc(C(=O)OC2C[C@H]3CC[C@@H](C2)N3C)cc1. The Labute approximate surface area is 120 Å². The van der Waals surface area contributed by atoms with E-state index in [1.165, 1.54) is 18.4 Å². The van der Waals surface area contributed by atoms with Crippen molar-refractivity contribution >= 4 is 5.97 Å². The number of esters is 1. The maximum absolute atomic E-state index is 12.2. The van der Waals surface area contributed by atoms with Crippen molar-refractivity contribution in [3.05, 3.63) is 35.4 Å². The van der Waals surface area contributed by atoms with Crippen molar-refractivity contribution in [3.8, 4) is 0 Å². The zero-order valence-electron chi connectivity index (χ0n) is 12.3. The van der Waals surface area contributed by atoms with Crippen LogP contribution in [0.5, 0.6) is 0 Å². The summed E-state index contributed by atoms with van der Waals surface area (Å²) in [5, 5.41) is 0. The largest absolute Gasteiger partial charge is 0.459 e. The Kier molecular flexibility index (Phi) is 3.79. The number of carbonyl (C=O) groups is 1. The van der Waals surface area contributed by atoms with E-state index >= 15 is 0 Å². The first-order valence-corrected chi connectivity index (χ1v) is 7.69. The molecular formula is C17H23NO2. The van der Waals surface area contributed by atoms with E-state index in [-0.39, 0.29) is 12.1 Å². The second-order valence-electron chi connectivity index (χ2n) is 6.10. The molecule has 2 aliphatic heterocycles. The summed E-state index contributed by atoms with van der Waals surface area (Å²) in [6.45, 7) is 2.11. The van der Waals surface area contributed by atoms with Crippen molar-refractivity contribution in [2.75, 3.05) is 7.05 Å². The summed E-state index contributed by atoms with van der Waals surface area (Å²) in [5.74, 6) is -0.165. The molecule has 3 heteroatoms. The van der Waals surface area contributed by atoms with E-state index in [2.05, 4.69) is 18.9 Å². The molecule has 0 saturated carbocycles. The minimum atomic E-state index is -0.165. The zero-order valence-corrected chi connectivity index (χ0v) is 12.3. The molecule has 3 rings (SSSR count). The van der Waals surface area contributed by atoms with Gasteiger partial charge in [-0.2, -0.15) is 0 Å². The van der Waals surface area contributed by atoms with Gasteiger partial charge in [0.2, 0.25) is 0 Å². The molecule has 3 nitrogen and oxygen atoms in total. The number of hydrogen-bond donors (Lipinski definition) is 0. The van der Waals surface area contributed by atoms with Crippen molar-refractivity contribution in [2.24, 2.45) is 0 Å².